The molecule has 7 nitrogen and oxygen atoms in total. The maximum atomic E-state index is 11.4. The summed E-state index contributed by atoms with van der Waals surface area (Å²) in [5.74, 6) is -0.833. The summed E-state index contributed by atoms with van der Waals surface area (Å²) in [6, 6.07) is -1.02. The first-order valence-electron chi connectivity index (χ1n) is 4.69. The van der Waals surface area contributed by atoms with Gasteiger partial charge in [-0.15, -0.1) is 11.3 Å². The number of hydrogen-bond donors (Lipinski definition) is 2. The van der Waals surface area contributed by atoms with Crippen LogP contribution in [-0.4, -0.2) is 34.2 Å². The molecule has 1 amide bonds. The highest BCUT2D eigenvalue weighted by Gasteiger charge is 2.62. The van der Waals surface area contributed by atoms with Gasteiger partial charge in [0.15, 0.2) is 0 Å². The molecule has 0 aromatic carbocycles. The van der Waals surface area contributed by atoms with Gasteiger partial charge < -0.3 is 5.73 Å². The van der Waals surface area contributed by atoms with Gasteiger partial charge in [0.1, 0.15) is 11.6 Å². The van der Waals surface area contributed by atoms with Gasteiger partial charge >= 0.3 is 10.3 Å². The molecular formula is C8H11N3O4S2. The van der Waals surface area contributed by atoms with E-state index in [1.807, 2.05) is 0 Å². The van der Waals surface area contributed by atoms with E-state index in [9.17, 15) is 13.2 Å². The maximum Gasteiger partial charge on any atom is 0.363 e. The summed E-state index contributed by atoms with van der Waals surface area (Å²) in [4.78, 5) is 15.6. The van der Waals surface area contributed by atoms with Crippen molar-refractivity contribution >= 4 is 27.5 Å². The second-order valence-corrected chi connectivity index (χ2v) is 6.28. The van der Waals surface area contributed by atoms with Crippen LogP contribution in [0.4, 0.5) is 0 Å². The average molecular weight is 277 g/mol. The van der Waals surface area contributed by atoms with Gasteiger partial charge in [-0.05, 0) is 13.8 Å². The van der Waals surface area contributed by atoms with Crippen LogP contribution in [0, 0.1) is 6.92 Å². The highest BCUT2D eigenvalue weighted by molar-refractivity contribution is 7.84. The standard InChI is InChI=1S/C8H11N3O4S2/c1-4-10-5(3-16-4)8(2)6(9)7(12)11(8)17(13,14)15/h3,6H,9H2,1-2H3,(H,13,14,15)/t6-,8-/m1/s1. The van der Waals surface area contributed by atoms with E-state index < -0.39 is 27.8 Å². The van der Waals surface area contributed by atoms with Gasteiger partial charge in [0, 0.05) is 5.38 Å². The topological polar surface area (TPSA) is 114 Å². The molecule has 0 saturated carbocycles. The second kappa shape index (κ2) is 3.48. The normalized spacial score (nSPS) is 29.3. The van der Waals surface area contributed by atoms with Crippen molar-refractivity contribution < 1.29 is 17.8 Å². The van der Waals surface area contributed by atoms with Crippen LogP contribution in [0.2, 0.25) is 0 Å². The van der Waals surface area contributed by atoms with Crippen LogP contribution >= 0.6 is 11.3 Å². The van der Waals surface area contributed by atoms with Crippen molar-refractivity contribution in [3.63, 3.8) is 0 Å². The summed E-state index contributed by atoms with van der Waals surface area (Å²) in [5.41, 5.74) is 4.68. The highest BCUT2D eigenvalue weighted by atomic mass is 32.2. The highest BCUT2D eigenvalue weighted by Crippen LogP contribution is 2.42. The van der Waals surface area contributed by atoms with Gasteiger partial charge in [0.05, 0.1) is 10.7 Å². The van der Waals surface area contributed by atoms with Crippen LogP contribution in [0.25, 0.3) is 0 Å². The van der Waals surface area contributed by atoms with Crippen molar-refractivity contribution in [2.75, 3.05) is 0 Å². The fourth-order valence-corrected chi connectivity index (χ4v) is 3.62. The zero-order chi connectivity index (χ0) is 13.0. The number of hydrogen-bond acceptors (Lipinski definition) is 6. The fraction of sp³-hybridized carbons (Fsp3) is 0.500. The summed E-state index contributed by atoms with van der Waals surface area (Å²) < 4.78 is 31.7. The molecule has 1 fully saturated rings. The average Bonchev–Trinajstić information content (AvgIpc) is 2.62. The molecular weight excluding hydrogens is 266 g/mol. The molecule has 1 saturated heterocycles. The number of nitrogens with zero attached hydrogens (tertiary/aromatic N) is 2. The number of nitrogens with two attached hydrogens (primary N) is 1. The van der Waals surface area contributed by atoms with Crippen LogP contribution in [0.1, 0.15) is 17.6 Å². The van der Waals surface area contributed by atoms with Crippen LogP contribution < -0.4 is 5.73 Å². The number of β-lactam (4-membered cyclic amide) rings is 1. The molecule has 94 valence electrons. The predicted octanol–water partition coefficient (Wildman–Crippen LogP) is -0.361. The predicted molar refractivity (Wildman–Crippen MR) is 60.6 cm³/mol. The van der Waals surface area contributed by atoms with Crippen molar-refractivity contribution in [2.24, 2.45) is 5.73 Å². The van der Waals surface area contributed by atoms with Gasteiger partial charge in [-0.2, -0.15) is 8.42 Å². The maximum absolute atomic E-state index is 11.4. The molecule has 0 spiro atoms. The number of carbonyl (C=O) groups is 1. The minimum atomic E-state index is -4.63. The van der Waals surface area contributed by atoms with E-state index in [1.165, 1.54) is 18.3 Å². The third-order valence-electron chi connectivity index (χ3n) is 2.86. The minimum Gasteiger partial charge on any atom is -0.318 e. The van der Waals surface area contributed by atoms with E-state index in [0.29, 0.717) is 10.00 Å². The molecule has 0 bridgehead atoms. The third-order valence-corrected chi connectivity index (χ3v) is 4.66. The molecule has 1 aliphatic heterocycles. The zero-order valence-corrected chi connectivity index (χ0v) is 10.7. The molecule has 1 aromatic rings. The SMILES string of the molecule is Cc1nc([C@]2(C)[C@H](N)C(=O)N2S(=O)(=O)O)cs1. The van der Waals surface area contributed by atoms with Crippen molar-refractivity contribution in [3.05, 3.63) is 16.1 Å². The number of aryl methyl sites for hydroxylation is 1. The lowest BCUT2D eigenvalue weighted by atomic mass is 9.81. The number of amides is 1. The van der Waals surface area contributed by atoms with Crippen molar-refractivity contribution in [2.45, 2.75) is 25.4 Å². The Kier molecular flexibility index (Phi) is 2.54. The number of rotatable bonds is 2. The summed E-state index contributed by atoms with van der Waals surface area (Å²) >= 11 is 1.32. The summed E-state index contributed by atoms with van der Waals surface area (Å²) in [6.45, 7) is 3.21. The molecule has 1 aromatic heterocycles. The van der Waals surface area contributed by atoms with E-state index in [2.05, 4.69) is 4.98 Å². The molecule has 0 radical (unpaired) electrons. The first kappa shape index (κ1) is 12.4. The van der Waals surface area contributed by atoms with E-state index in [-0.39, 0.29) is 0 Å². The Labute approximate surface area is 102 Å². The minimum absolute atomic E-state index is 0.365. The molecule has 3 N–H and O–H groups in total. The molecule has 0 aliphatic carbocycles. The lowest BCUT2D eigenvalue weighted by molar-refractivity contribution is -0.149. The Morgan fingerprint density at radius 2 is 2.24 bits per heavy atom. The summed E-state index contributed by atoms with van der Waals surface area (Å²) in [6.07, 6.45) is 0. The molecule has 2 heterocycles. The zero-order valence-electron chi connectivity index (χ0n) is 9.11. The lowest BCUT2D eigenvalue weighted by Crippen LogP contribution is -2.75. The Morgan fingerprint density at radius 3 is 2.65 bits per heavy atom. The monoisotopic (exact) mass is 277 g/mol. The molecule has 17 heavy (non-hydrogen) atoms. The Bertz CT molecular complexity index is 581. The van der Waals surface area contributed by atoms with E-state index in [4.69, 9.17) is 10.3 Å². The molecule has 2 rings (SSSR count). The van der Waals surface area contributed by atoms with Gasteiger partial charge in [-0.25, -0.2) is 9.29 Å². The van der Waals surface area contributed by atoms with Crippen LogP contribution in [0.3, 0.4) is 0 Å². The van der Waals surface area contributed by atoms with E-state index in [0.717, 1.165) is 5.01 Å². The van der Waals surface area contributed by atoms with Gasteiger partial charge in [-0.3, -0.25) is 9.35 Å². The Morgan fingerprint density at radius 1 is 1.65 bits per heavy atom. The van der Waals surface area contributed by atoms with Crippen molar-refractivity contribution in [1.82, 2.24) is 9.29 Å². The molecule has 9 heteroatoms. The third kappa shape index (κ3) is 1.58. The first-order chi connectivity index (χ1) is 7.69. The van der Waals surface area contributed by atoms with Gasteiger partial charge in [0.25, 0.3) is 5.91 Å². The molecule has 2 atom stereocenters. The van der Waals surface area contributed by atoms with Gasteiger partial charge in [-0.1, -0.05) is 0 Å². The number of aromatic nitrogens is 1. The summed E-state index contributed by atoms with van der Waals surface area (Å²) in [7, 11) is -4.63. The van der Waals surface area contributed by atoms with Crippen LogP contribution in [-0.2, 0) is 20.6 Å². The van der Waals surface area contributed by atoms with Crippen LogP contribution in [0.5, 0.6) is 0 Å². The lowest BCUT2D eigenvalue weighted by Gasteiger charge is -2.50. The Hall–Kier alpha value is -1.03. The molecule has 1 aliphatic rings. The number of carbonyl (C=O) groups excluding carboxylic acids is 1. The number of thiazole rings is 1. The Balaban J connectivity index is 2.53. The van der Waals surface area contributed by atoms with Crippen molar-refractivity contribution in [1.29, 1.82) is 0 Å². The van der Waals surface area contributed by atoms with Crippen molar-refractivity contribution in [3.8, 4) is 0 Å². The largest absolute Gasteiger partial charge is 0.363 e. The molecule has 0 unspecified atom stereocenters. The quantitative estimate of drug-likeness (QED) is 0.563. The van der Waals surface area contributed by atoms with Crippen LogP contribution in [0.15, 0.2) is 5.38 Å². The fourth-order valence-electron chi connectivity index (χ4n) is 1.87. The summed E-state index contributed by atoms with van der Waals surface area (Å²) in [5, 5.41) is 2.35. The van der Waals surface area contributed by atoms with Gasteiger partial charge in [0.2, 0.25) is 0 Å². The second-order valence-electron chi connectivity index (χ2n) is 3.96. The smallest absolute Gasteiger partial charge is 0.318 e. The van der Waals surface area contributed by atoms with E-state index >= 15 is 0 Å². The van der Waals surface area contributed by atoms with E-state index in [1.54, 1.807) is 12.3 Å². The first-order valence-corrected chi connectivity index (χ1v) is 6.96.